The largest absolute Gasteiger partial charge is 0.376 e. The number of carbonyl (C=O) groups is 1. The van der Waals surface area contributed by atoms with Crippen molar-refractivity contribution in [3.05, 3.63) is 33.8 Å². The van der Waals surface area contributed by atoms with Crippen molar-refractivity contribution in [2.24, 2.45) is 0 Å². The number of fused-ring (bicyclic) bond motifs is 2. The average Bonchev–Trinajstić information content (AvgIpc) is 2.36. The fourth-order valence-electron chi connectivity index (χ4n) is 3.34. The molecule has 4 heteroatoms. The molecule has 2 aliphatic rings. The molecule has 1 aromatic carbocycles. The number of nitrogens with one attached hydrogen (secondary N) is 1. The van der Waals surface area contributed by atoms with E-state index in [0.29, 0.717) is 13.2 Å². The summed E-state index contributed by atoms with van der Waals surface area (Å²) in [5, 5.41) is 3.22. The first-order valence-electron chi connectivity index (χ1n) is 6.79. The molecule has 0 saturated carbocycles. The zero-order valence-corrected chi connectivity index (χ0v) is 12.8. The lowest BCUT2D eigenvalue weighted by Crippen LogP contribution is -2.66. The van der Waals surface area contributed by atoms with E-state index in [-0.39, 0.29) is 11.4 Å². The summed E-state index contributed by atoms with van der Waals surface area (Å²) in [5.41, 5.74) is 1.70. The number of amides is 1. The lowest BCUT2D eigenvalue weighted by Gasteiger charge is -2.51. The first-order chi connectivity index (χ1) is 9.08. The minimum atomic E-state index is -0.403. The van der Waals surface area contributed by atoms with E-state index in [0.717, 1.165) is 17.3 Å². The Labute approximate surface area is 121 Å². The van der Waals surface area contributed by atoms with Gasteiger partial charge in [0.15, 0.2) is 0 Å². The summed E-state index contributed by atoms with van der Waals surface area (Å²) >= 11 is 3.53. The van der Waals surface area contributed by atoms with Crippen molar-refractivity contribution in [1.29, 1.82) is 0 Å². The first kappa shape index (κ1) is 13.1. The molecule has 0 aromatic heterocycles. The number of ether oxygens (including phenoxy) is 1. The fourth-order valence-corrected chi connectivity index (χ4v) is 3.70. The Kier molecular flexibility index (Phi) is 2.98. The minimum absolute atomic E-state index is 0.145. The van der Waals surface area contributed by atoms with Crippen molar-refractivity contribution in [3.63, 3.8) is 0 Å². The molecule has 2 aliphatic heterocycles. The molecule has 3 rings (SSSR count). The number of hydrogen-bond donors (Lipinski definition) is 1. The summed E-state index contributed by atoms with van der Waals surface area (Å²) in [6, 6.07) is 6.29. The van der Waals surface area contributed by atoms with E-state index in [1.54, 1.807) is 0 Å². The maximum absolute atomic E-state index is 12.7. The molecule has 102 valence electrons. The van der Waals surface area contributed by atoms with Gasteiger partial charge in [-0.05, 0) is 36.1 Å². The van der Waals surface area contributed by atoms with E-state index in [2.05, 4.69) is 47.2 Å². The molecule has 19 heavy (non-hydrogen) atoms. The van der Waals surface area contributed by atoms with Crippen LogP contribution in [0.4, 0.5) is 0 Å². The van der Waals surface area contributed by atoms with Gasteiger partial charge in [0.25, 0.3) is 0 Å². The molecule has 0 aliphatic carbocycles. The lowest BCUT2D eigenvalue weighted by atomic mass is 9.66. The Morgan fingerprint density at radius 1 is 1.26 bits per heavy atom. The Morgan fingerprint density at radius 3 is 2.47 bits per heavy atom. The van der Waals surface area contributed by atoms with Crippen LogP contribution in [-0.4, -0.2) is 19.1 Å². The Hall–Kier alpha value is -0.870. The van der Waals surface area contributed by atoms with Crippen LogP contribution in [0, 0.1) is 0 Å². The Morgan fingerprint density at radius 2 is 1.95 bits per heavy atom. The van der Waals surface area contributed by atoms with Crippen molar-refractivity contribution in [3.8, 4) is 0 Å². The van der Waals surface area contributed by atoms with Crippen LogP contribution in [0.1, 0.15) is 37.8 Å². The topological polar surface area (TPSA) is 38.3 Å². The highest BCUT2D eigenvalue weighted by Gasteiger charge is 2.53. The molecule has 1 fully saturated rings. The molecular formula is C15H18BrNO2. The number of halogens is 1. The average molecular weight is 324 g/mol. The van der Waals surface area contributed by atoms with Gasteiger partial charge in [-0.3, -0.25) is 4.79 Å². The van der Waals surface area contributed by atoms with Crippen molar-refractivity contribution in [1.82, 2.24) is 5.32 Å². The van der Waals surface area contributed by atoms with E-state index >= 15 is 0 Å². The van der Waals surface area contributed by atoms with Crippen LogP contribution in [0.5, 0.6) is 0 Å². The molecule has 1 spiro atoms. The number of rotatable bonds is 2. The quantitative estimate of drug-likeness (QED) is 0.908. The molecule has 0 unspecified atom stereocenters. The smallest absolute Gasteiger partial charge is 0.231 e. The second-order valence-corrected chi connectivity index (χ2v) is 6.42. The Bertz CT molecular complexity index is 533. The van der Waals surface area contributed by atoms with E-state index in [1.807, 2.05) is 6.07 Å². The molecule has 1 amide bonds. The predicted molar refractivity (Wildman–Crippen MR) is 77.0 cm³/mol. The highest BCUT2D eigenvalue weighted by Crippen LogP contribution is 2.46. The van der Waals surface area contributed by atoms with E-state index in [4.69, 9.17) is 4.74 Å². The van der Waals surface area contributed by atoms with Gasteiger partial charge in [-0.1, -0.05) is 35.8 Å². The first-order valence-corrected chi connectivity index (χ1v) is 7.58. The summed E-state index contributed by atoms with van der Waals surface area (Å²) < 4.78 is 6.39. The van der Waals surface area contributed by atoms with E-state index in [1.165, 1.54) is 11.1 Å². The molecule has 2 heterocycles. The highest BCUT2D eigenvalue weighted by atomic mass is 79.9. The molecular weight excluding hydrogens is 306 g/mol. The van der Waals surface area contributed by atoms with Crippen LogP contribution in [0.3, 0.4) is 0 Å². The zero-order chi connectivity index (χ0) is 13.7. The maximum Gasteiger partial charge on any atom is 0.231 e. The molecule has 1 saturated heterocycles. The van der Waals surface area contributed by atoms with E-state index < -0.39 is 5.41 Å². The number of carbonyl (C=O) groups excluding carboxylic acids is 1. The fraction of sp³-hybridized carbons (Fsp3) is 0.533. The standard InChI is InChI=1S/C15H18BrNO2/c1-3-14(4-2)12-7-10(16)5-6-11(12)15(8-19-9-15)17-13(14)18/h5-7H,3-4,8-9H2,1-2H3,(H,17,18). The van der Waals surface area contributed by atoms with Crippen molar-refractivity contribution < 1.29 is 9.53 Å². The molecule has 0 radical (unpaired) electrons. The van der Waals surface area contributed by atoms with Crippen molar-refractivity contribution >= 4 is 21.8 Å². The summed E-state index contributed by atoms with van der Waals surface area (Å²) in [6.07, 6.45) is 1.63. The molecule has 3 nitrogen and oxygen atoms in total. The van der Waals surface area contributed by atoms with Gasteiger partial charge in [0.05, 0.1) is 18.6 Å². The molecule has 0 atom stereocenters. The van der Waals surface area contributed by atoms with Crippen LogP contribution in [0.2, 0.25) is 0 Å². The van der Waals surface area contributed by atoms with Gasteiger partial charge in [-0.25, -0.2) is 0 Å². The van der Waals surface area contributed by atoms with Gasteiger partial charge < -0.3 is 10.1 Å². The Balaban J connectivity index is 2.24. The van der Waals surface area contributed by atoms with Crippen molar-refractivity contribution in [2.75, 3.05) is 13.2 Å². The third kappa shape index (κ3) is 1.62. The number of hydrogen-bond acceptors (Lipinski definition) is 2. The second-order valence-electron chi connectivity index (χ2n) is 5.51. The van der Waals surface area contributed by atoms with Crippen LogP contribution in [0.25, 0.3) is 0 Å². The van der Waals surface area contributed by atoms with Crippen LogP contribution in [-0.2, 0) is 20.5 Å². The monoisotopic (exact) mass is 323 g/mol. The second kappa shape index (κ2) is 4.32. The summed E-state index contributed by atoms with van der Waals surface area (Å²) in [6.45, 7) is 5.33. The predicted octanol–water partition coefficient (Wildman–Crippen LogP) is 2.86. The van der Waals surface area contributed by atoms with Gasteiger partial charge in [-0.15, -0.1) is 0 Å². The highest BCUT2D eigenvalue weighted by molar-refractivity contribution is 9.10. The third-order valence-electron chi connectivity index (χ3n) is 4.70. The minimum Gasteiger partial charge on any atom is -0.376 e. The SMILES string of the molecule is CCC1(CC)C(=O)NC2(COC2)c2ccc(Br)cc21. The van der Waals surface area contributed by atoms with E-state index in [9.17, 15) is 4.79 Å². The third-order valence-corrected chi connectivity index (χ3v) is 5.20. The summed E-state index contributed by atoms with van der Waals surface area (Å²) in [7, 11) is 0. The van der Waals surface area contributed by atoms with Gasteiger partial charge >= 0.3 is 0 Å². The normalized spacial score (nSPS) is 22.6. The lowest BCUT2D eigenvalue weighted by molar-refractivity contribution is -0.143. The zero-order valence-electron chi connectivity index (χ0n) is 11.3. The van der Waals surface area contributed by atoms with Gasteiger partial charge in [0.2, 0.25) is 5.91 Å². The molecule has 1 aromatic rings. The van der Waals surface area contributed by atoms with Crippen LogP contribution < -0.4 is 5.32 Å². The summed E-state index contributed by atoms with van der Waals surface area (Å²) in [4.78, 5) is 12.7. The molecule has 1 N–H and O–H groups in total. The van der Waals surface area contributed by atoms with Crippen molar-refractivity contribution in [2.45, 2.75) is 37.6 Å². The van der Waals surface area contributed by atoms with Crippen LogP contribution in [0.15, 0.2) is 22.7 Å². The van der Waals surface area contributed by atoms with Gasteiger partial charge in [-0.2, -0.15) is 0 Å². The van der Waals surface area contributed by atoms with Gasteiger partial charge in [0, 0.05) is 4.47 Å². The van der Waals surface area contributed by atoms with Crippen LogP contribution >= 0.6 is 15.9 Å². The maximum atomic E-state index is 12.7. The summed E-state index contributed by atoms with van der Waals surface area (Å²) in [5.74, 6) is 0.145. The van der Waals surface area contributed by atoms with Gasteiger partial charge in [0.1, 0.15) is 5.54 Å². The number of benzene rings is 1. The molecule has 0 bridgehead atoms.